The van der Waals surface area contributed by atoms with E-state index in [0.29, 0.717) is 6.42 Å². The fourth-order valence-electron chi connectivity index (χ4n) is 0.971. The van der Waals surface area contributed by atoms with E-state index in [9.17, 15) is 18.0 Å². The maximum absolute atomic E-state index is 11.7. The van der Waals surface area contributed by atoms with Crippen LogP contribution in [0.15, 0.2) is 0 Å². The van der Waals surface area contributed by atoms with Crippen LogP contribution in [0.3, 0.4) is 0 Å². The summed E-state index contributed by atoms with van der Waals surface area (Å²) in [6.45, 7) is 1.90. The van der Waals surface area contributed by atoms with Gasteiger partial charge < -0.3 is 11.1 Å². The molecule has 0 aromatic rings. The molecule has 0 saturated heterocycles. The summed E-state index contributed by atoms with van der Waals surface area (Å²) in [6.07, 6.45) is -4.26. The molecule has 1 amide bonds. The molecule has 1 atom stereocenters. The fraction of sp³-hybridized carbons (Fsp3) is 0.889. The Morgan fingerprint density at radius 2 is 2.07 bits per heavy atom. The molecule has 0 heterocycles. The van der Waals surface area contributed by atoms with Crippen LogP contribution >= 0.6 is 0 Å². The SMILES string of the molecule is CCC(N)CC(=O)NCCCC(F)(F)F. The Morgan fingerprint density at radius 1 is 1.47 bits per heavy atom. The Balaban J connectivity index is 3.48. The number of alkyl halides is 3. The molecule has 0 spiro atoms. The van der Waals surface area contributed by atoms with Gasteiger partial charge >= 0.3 is 6.18 Å². The highest BCUT2D eigenvalue weighted by molar-refractivity contribution is 5.76. The zero-order valence-electron chi connectivity index (χ0n) is 8.73. The molecular weight excluding hydrogens is 209 g/mol. The third-order valence-corrected chi connectivity index (χ3v) is 1.93. The van der Waals surface area contributed by atoms with Crippen molar-refractivity contribution in [3.05, 3.63) is 0 Å². The van der Waals surface area contributed by atoms with Gasteiger partial charge in [0.05, 0.1) is 0 Å². The van der Waals surface area contributed by atoms with Crippen LogP contribution in [0, 0.1) is 0 Å². The third-order valence-electron chi connectivity index (χ3n) is 1.93. The lowest BCUT2D eigenvalue weighted by Crippen LogP contribution is -2.32. The Kier molecular flexibility index (Phi) is 6.31. The number of carbonyl (C=O) groups is 1. The number of halogens is 3. The number of hydrogen-bond acceptors (Lipinski definition) is 2. The van der Waals surface area contributed by atoms with E-state index in [1.54, 1.807) is 0 Å². The van der Waals surface area contributed by atoms with E-state index < -0.39 is 12.6 Å². The highest BCUT2D eigenvalue weighted by Gasteiger charge is 2.25. The van der Waals surface area contributed by atoms with Gasteiger partial charge in [-0.1, -0.05) is 6.92 Å². The van der Waals surface area contributed by atoms with Gasteiger partial charge in [-0.2, -0.15) is 13.2 Å². The van der Waals surface area contributed by atoms with Crippen LogP contribution in [0.1, 0.15) is 32.6 Å². The summed E-state index contributed by atoms with van der Waals surface area (Å²) < 4.78 is 35.1. The van der Waals surface area contributed by atoms with Gasteiger partial charge in [-0.05, 0) is 12.8 Å². The van der Waals surface area contributed by atoms with E-state index in [0.717, 1.165) is 0 Å². The van der Waals surface area contributed by atoms with Crippen LogP contribution in [0.25, 0.3) is 0 Å². The van der Waals surface area contributed by atoms with Gasteiger partial charge in [0.25, 0.3) is 0 Å². The molecular formula is C9H17F3N2O. The summed E-state index contributed by atoms with van der Waals surface area (Å²) in [5.41, 5.74) is 5.51. The molecule has 3 nitrogen and oxygen atoms in total. The lowest BCUT2D eigenvalue weighted by Gasteiger charge is -2.10. The molecule has 0 fully saturated rings. The molecule has 1 unspecified atom stereocenters. The van der Waals surface area contributed by atoms with Crippen LogP contribution in [-0.4, -0.2) is 24.7 Å². The van der Waals surface area contributed by atoms with Gasteiger partial charge in [-0.3, -0.25) is 4.79 Å². The predicted octanol–water partition coefficient (Wildman–Crippen LogP) is 1.57. The minimum Gasteiger partial charge on any atom is -0.356 e. The van der Waals surface area contributed by atoms with Crippen molar-refractivity contribution >= 4 is 5.91 Å². The molecule has 0 aliphatic heterocycles. The van der Waals surface area contributed by atoms with Gasteiger partial charge in [0, 0.05) is 25.4 Å². The molecule has 0 bridgehead atoms. The second-order valence-electron chi connectivity index (χ2n) is 3.44. The van der Waals surface area contributed by atoms with Crippen molar-refractivity contribution in [1.29, 1.82) is 0 Å². The number of hydrogen-bond donors (Lipinski definition) is 2. The Labute approximate surface area is 87.2 Å². The summed E-state index contributed by atoms with van der Waals surface area (Å²) in [4.78, 5) is 11.1. The molecule has 0 rings (SSSR count). The molecule has 0 aliphatic rings. The normalized spacial score (nSPS) is 13.7. The fourth-order valence-corrected chi connectivity index (χ4v) is 0.971. The van der Waals surface area contributed by atoms with Crippen molar-refractivity contribution in [3.8, 4) is 0 Å². The van der Waals surface area contributed by atoms with Crippen molar-refractivity contribution in [1.82, 2.24) is 5.32 Å². The lowest BCUT2D eigenvalue weighted by atomic mass is 10.1. The minimum absolute atomic E-state index is 0.0504. The third kappa shape index (κ3) is 9.52. The zero-order chi connectivity index (χ0) is 11.9. The van der Waals surface area contributed by atoms with E-state index in [1.807, 2.05) is 6.92 Å². The zero-order valence-corrected chi connectivity index (χ0v) is 8.73. The number of nitrogens with two attached hydrogens (primary N) is 1. The first-order chi connectivity index (χ1) is 6.85. The van der Waals surface area contributed by atoms with Gasteiger partial charge in [0.2, 0.25) is 5.91 Å². The highest BCUT2D eigenvalue weighted by atomic mass is 19.4. The van der Waals surface area contributed by atoms with Crippen molar-refractivity contribution in [2.45, 2.75) is 44.8 Å². The second-order valence-corrected chi connectivity index (χ2v) is 3.44. The van der Waals surface area contributed by atoms with Crippen LogP contribution in [0.5, 0.6) is 0 Å². The van der Waals surface area contributed by atoms with Crippen LogP contribution in [0.4, 0.5) is 13.2 Å². The highest BCUT2D eigenvalue weighted by Crippen LogP contribution is 2.20. The standard InChI is InChI=1S/C9H17F3N2O/c1-2-7(13)6-8(15)14-5-3-4-9(10,11)12/h7H,2-6,13H2,1H3,(H,14,15). The van der Waals surface area contributed by atoms with Gasteiger partial charge in [-0.25, -0.2) is 0 Å². The Morgan fingerprint density at radius 3 is 2.53 bits per heavy atom. The van der Waals surface area contributed by atoms with Crippen LogP contribution in [0.2, 0.25) is 0 Å². The maximum atomic E-state index is 11.7. The molecule has 0 saturated carbocycles. The summed E-state index contributed by atoms with van der Waals surface area (Å²) in [5, 5.41) is 2.40. The molecule has 0 aromatic heterocycles. The number of nitrogens with one attached hydrogen (secondary N) is 1. The Bertz CT molecular complexity index is 194. The van der Waals surface area contributed by atoms with E-state index in [2.05, 4.69) is 5.32 Å². The molecule has 3 N–H and O–H groups in total. The monoisotopic (exact) mass is 226 g/mol. The molecule has 15 heavy (non-hydrogen) atoms. The molecule has 0 aromatic carbocycles. The largest absolute Gasteiger partial charge is 0.389 e. The van der Waals surface area contributed by atoms with E-state index in [1.165, 1.54) is 0 Å². The average molecular weight is 226 g/mol. The summed E-state index contributed by atoms with van der Waals surface area (Å²) in [7, 11) is 0. The minimum atomic E-state index is -4.15. The molecule has 0 radical (unpaired) electrons. The number of amides is 1. The quantitative estimate of drug-likeness (QED) is 0.675. The van der Waals surface area contributed by atoms with E-state index >= 15 is 0 Å². The summed E-state index contributed by atoms with van der Waals surface area (Å²) in [6, 6.07) is -0.215. The van der Waals surface area contributed by atoms with Crippen molar-refractivity contribution in [3.63, 3.8) is 0 Å². The molecule has 90 valence electrons. The predicted molar refractivity (Wildman–Crippen MR) is 51.2 cm³/mol. The average Bonchev–Trinajstić information content (AvgIpc) is 2.11. The van der Waals surface area contributed by atoms with Crippen molar-refractivity contribution in [2.75, 3.05) is 6.54 Å². The topological polar surface area (TPSA) is 55.1 Å². The maximum Gasteiger partial charge on any atom is 0.389 e. The first-order valence-electron chi connectivity index (χ1n) is 4.94. The lowest BCUT2D eigenvalue weighted by molar-refractivity contribution is -0.136. The molecule has 0 aliphatic carbocycles. The summed E-state index contributed by atoms with van der Waals surface area (Å²) in [5.74, 6) is -0.286. The van der Waals surface area contributed by atoms with E-state index in [4.69, 9.17) is 5.73 Å². The number of rotatable bonds is 6. The van der Waals surface area contributed by atoms with E-state index in [-0.39, 0.29) is 31.3 Å². The van der Waals surface area contributed by atoms with Gasteiger partial charge in [0.1, 0.15) is 0 Å². The number of carbonyl (C=O) groups excluding carboxylic acids is 1. The van der Waals surface area contributed by atoms with Crippen molar-refractivity contribution in [2.24, 2.45) is 5.73 Å². The smallest absolute Gasteiger partial charge is 0.356 e. The summed E-state index contributed by atoms with van der Waals surface area (Å²) >= 11 is 0. The second kappa shape index (κ2) is 6.66. The first kappa shape index (κ1) is 14.2. The van der Waals surface area contributed by atoms with Crippen molar-refractivity contribution < 1.29 is 18.0 Å². The van der Waals surface area contributed by atoms with Gasteiger partial charge in [-0.15, -0.1) is 0 Å². The van der Waals surface area contributed by atoms with Crippen LogP contribution < -0.4 is 11.1 Å². The van der Waals surface area contributed by atoms with Gasteiger partial charge in [0.15, 0.2) is 0 Å². The Hall–Kier alpha value is -0.780. The van der Waals surface area contributed by atoms with Crippen LogP contribution in [-0.2, 0) is 4.79 Å². The first-order valence-corrected chi connectivity index (χ1v) is 4.94. The molecule has 6 heteroatoms.